The van der Waals surface area contributed by atoms with E-state index in [-0.39, 0.29) is 44.2 Å². The van der Waals surface area contributed by atoms with E-state index in [1.807, 2.05) is 24.9 Å². The van der Waals surface area contributed by atoms with Gasteiger partial charge in [-0.1, -0.05) is 13.1 Å². The quantitative estimate of drug-likeness (QED) is 0.725. The standard InChI is InChI=1S/C13H16N3O.Y/c1-10-3-4-11(14-9-10)16-8-7-15(2)13(5-6-13)12(16)17;/h4,9H,5-8H2,1-2H3;/q-1;. The molecule has 1 aromatic heterocycles. The maximum atomic E-state index is 12.4. The summed E-state index contributed by atoms with van der Waals surface area (Å²) >= 11 is 0. The van der Waals surface area contributed by atoms with Crippen LogP contribution >= 0.6 is 0 Å². The number of piperazine rings is 1. The largest absolute Gasteiger partial charge is 0.367 e. The first-order chi connectivity index (χ1) is 8.13. The van der Waals surface area contributed by atoms with E-state index >= 15 is 0 Å². The molecule has 0 unspecified atom stereocenters. The molecule has 1 amide bonds. The number of carbonyl (C=O) groups excluding carboxylic acids is 1. The van der Waals surface area contributed by atoms with Gasteiger partial charge in [-0.15, -0.1) is 11.6 Å². The predicted molar refractivity (Wildman–Crippen MR) is 64.8 cm³/mol. The van der Waals surface area contributed by atoms with Crippen LogP contribution in [0.2, 0.25) is 0 Å². The normalized spacial score (nSPS) is 21.9. The van der Waals surface area contributed by atoms with Gasteiger partial charge in [-0.3, -0.25) is 9.69 Å². The molecule has 0 atom stereocenters. The number of aryl methyl sites for hydroxylation is 1. The second kappa shape index (κ2) is 4.99. The van der Waals surface area contributed by atoms with E-state index in [2.05, 4.69) is 16.0 Å². The third-order valence-corrected chi connectivity index (χ3v) is 3.85. The van der Waals surface area contributed by atoms with Crippen LogP contribution in [0.25, 0.3) is 0 Å². The Hall–Kier alpha value is -0.316. The molecule has 0 bridgehead atoms. The number of amides is 1. The summed E-state index contributed by atoms with van der Waals surface area (Å²) in [7, 11) is 2.04. The average Bonchev–Trinajstić information content (AvgIpc) is 3.10. The molecule has 2 aliphatic rings. The monoisotopic (exact) mass is 319 g/mol. The van der Waals surface area contributed by atoms with Crippen LogP contribution in [0.1, 0.15) is 18.4 Å². The predicted octanol–water partition coefficient (Wildman–Crippen LogP) is 0.999. The van der Waals surface area contributed by atoms with Gasteiger partial charge in [0.25, 0.3) is 0 Å². The molecule has 1 aliphatic heterocycles. The van der Waals surface area contributed by atoms with Crippen LogP contribution in [-0.4, -0.2) is 41.5 Å². The van der Waals surface area contributed by atoms with Crippen LogP contribution in [0.15, 0.2) is 12.3 Å². The van der Waals surface area contributed by atoms with Gasteiger partial charge in [0.1, 0.15) is 0 Å². The molecule has 0 aromatic carbocycles. The molecule has 2 heterocycles. The molecule has 1 saturated carbocycles. The maximum Gasteiger partial charge on any atom is 0.237 e. The molecule has 1 aromatic rings. The first kappa shape index (κ1) is 14.1. The molecule has 1 saturated heterocycles. The summed E-state index contributed by atoms with van der Waals surface area (Å²) in [5.41, 5.74) is 0.779. The summed E-state index contributed by atoms with van der Waals surface area (Å²) in [6.45, 7) is 3.59. The van der Waals surface area contributed by atoms with Crippen molar-refractivity contribution < 1.29 is 37.5 Å². The Morgan fingerprint density at radius 3 is 2.67 bits per heavy atom. The average molecular weight is 319 g/mol. The number of carbonyl (C=O) groups is 1. The summed E-state index contributed by atoms with van der Waals surface area (Å²) < 4.78 is 0. The Bertz CT molecular complexity index is 456. The number of hydrogen-bond donors (Lipinski definition) is 0. The Labute approximate surface area is 133 Å². The molecular weight excluding hydrogens is 303 g/mol. The molecule has 93 valence electrons. The molecule has 5 heteroatoms. The summed E-state index contributed by atoms with van der Waals surface area (Å²) in [5.74, 6) is 0.941. The molecule has 0 N–H and O–H groups in total. The van der Waals surface area contributed by atoms with E-state index in [1.165, 1.54) is 0 Å². The zero-order valence-electron chi connectivity index (χ0n) is 10.8. The van der Waals surface area contributed by atoms with E-state index in [9.17, 15) is 4.79 Å². The van der Waals surface area contributed by atoms with E-state index in [1.54, 1.807) is 6.20 Å². The first-order valence-corrected chi connectivity index (χ1v) is 6.01. The van der Waals surface area contributed by atoms with Gasteiger partial charge >= 0.3 is 0 Å². The number of hydrogen-bond acceptors (Lipinski definition) is 3. The van der Waals surface area contributed by atoms with E-state index < -0.39 is 0 Å². The van der Waals surface area contributed by atoms with Crippen LogP contribution in [0.4, 0.5) is 5.82 Å². The van der Waals surface area contributed by atoms with Crippen LogP contribution in [0.5, 0.6) is 0 Å². The van der Waals surface area contributed by atoms with Crippen molar-refractivity contribution in [2.75, 3.05) is 25.0 Å². The molecule has 1 spiro atoms. The molecule has 18 heavy (non-hydrogen) atoms. The SMILES string of the molecule is Cc1[c-]cc(N2CCN(C)C3(CC3)C2=O)nc1.[Y]. The maximum absolute atomic E-state index is 12.4. The molecule has 3 rings (SSSR count). The Kier molecular flexibility index (Phi) is 3.91. The number of anilines is 1. The van der Waals surface area contributed by atoms with Crippen LogP contribution < -0.4 is 4.90 Å². The van der Waals surface area contributed by atoms with Gasteiger partial charge in [0, 0.05) is 51.6 Å². The molecular formula is C13H16N3OY-. The number of nitrogens with zero attached hydrogens (tertiary/aromatic N) is 3. The second-order valence-electron chi connectivity index (χ2n) is 5.00. The zero-order valence-corrected chi connectivity index (χ0v) is 13.6. The fraction of sp³-hybridized carbons (Fsp3) is 0.538. The van der Waals surface area contributed by atoms with Crippen molar-refractivity contribution in [3.8, 4) is 0 Å². The third-order valence-electron chi connectivity index (χ3n) is 3.85. The summed E-state index contributed by atoms with van der Waals surface area (Å²) in [5, 5.41) is 0. The van der Waals surface area contributed by atoms with Gasteiger partial charge in [-0.2, -0.15) is 6.07 Å². The topological polar surface area (TPSA) is 36.4 Å². The number of aromatic nitrogens is 1. The Morgan fingerprint density at radius 1 is 1.39 bits per heavy atom. The van der Waals surface area contributed by atoms with Crippen molar-refractivity contribution in [2.45, 2.75) is 25.3 Å². The van der Waals surface area contributed by atoms with Gasteiger partial charge in [-0.25, -0.2) is 0 Å². The Balaban J connectivity index is 0.00000120. The van der Waals surface area contributed by atoms with Crippen molar-refractivity contribution in [2.24, 2.45) is 0 Å². The molecule has 4 nitrogen and oxygen atoms in total. The van der Waals surface area contributed by atoms with Gasteiger partial charge in [0.2, 0.25) is 5.91 Å². The smallest absolute Gasteiger partial charge is 0.237 e. The van der Waals surface area contributed by atoms with Crippen LogP contribution in [0, 0.1) is 13.0 Å². The van der Waals surface area contributed by atoms with Gasteiger partial charge in [0.15, 0.2) is 0 Å². The zero-order chi connectivity index (χ0) is 12.0. The first-order valence-electron chi connectivity index (χ1n) is 6.01. The van der Waals surface area contributed by atoms with Crippen molar-refractivity contribution in [1.82, 2.24) is 9.88 Å². The fourth-order valence-electron chi connectivity index (χ4n) is 2.48. The summed E-state index contributed by atoms with van der Waals surface area (Å²) in [6, 6.07) is 4.92. The van der Waals surface area contributed by atoms with Crippen molar-refractivity contribution in [3.63, 3.8) is 0 Å². The minimum atomic E-state index is -0.217. The Morgan fingerprint density at radius 2 is 2.11 bits per heavy atom. The molecule has 1 aliphatic carbocycles. The van der Waals surface area contributed by atoms with Crippen molar-refractivity contribution in [3.05, 3.63) is 23.9 Å². The summed E-state index contributed by atoms with van der Waals surface area (Å²) in [6.07, 6.45) is 3.73. The summed E-state index contributed by atoms with van der Waals surface area (Å²) in [4.78, 5) is 20.8. The van der Waals surface area contributed by atoms with Gasteiger partial charge < -0.3 is 9.88 Å². The number of pyridine rings is 1. The van der Waals surface area contributed by atoms with Gasteiger partial charge in [0.05, 0.1) is 5.54 Å². The van der Waals surface area contributed by atoms with E-state index in [4.69, 9.17) is 0 Å². The van der Waals surface area contributed by atoms with Crippen molar-refractivity contribution >= 4 is 11.7 Å². The third kappa shape index (κ3) is 2.15. The fourth-order valence-corrected chi connectivity index (χ4v) is 2.48. The number of rotatable bonds is 1. The van der Waals surface area contributed by atoms with E-state index in [0.717, 1.165) is 37.3 Å². The molecule has 2 fully saturated rings. The minimum absolute atomic E-state index is 0. The molecule has 1 radical (unpaired) electrons. The van der Waals surface area contributed by atoms with E-state index in [0.29, 0.717) is 0 Å². The number of likely N-dealkylation sites (N-methyl/N-ethyl adjacent to an activating group) is 1. The van der Waals surface area contributed by atoms with Crippen LogP contribution in [0.3, 0.4) is 0 Å². The van der Waals surface area contributed by atoms with Crippen LogP contribution in [-0.2, 0) is 37.5 Å². The second-order valence-corrected chi connectivity index (χ2v) is 5.00. The van der Waals surface area contributed by atoms with Gasteiger partial charge in [-0.05, 0) is 19.9 Å². The van der Waals surface area contributed by atoms with Crippen molar-refractivity contribution in [1.29, 1.82) is 0 Å². The minimum Gasteiger partial charge on any atom is -0.367 e.